The number of nitrogens with zero attached hydrogens (tertiary/aromatic N) is 1. The summed E-state index contributed by atoms with van der Waals surface area (Å²) >= 11 is 0. The van der Waals surface area contributed by atoms with Crippen molar-refractivity contribution < 1.29 is 8.78 Å². The molecule has 1 unspecified atom stereocenters. The Balaban J connectivity index is 2.72. The Morgan fingerprint density at radius 3 is 2.69 bits per heavy atom. The van der Waals surface area contributed by atoms with Gasteiger partial charge in [-0.3, -0.25) is 0 Å². The number of hydrogen-bond donors (Lipinski definition) is 1. The van der Waals surface area contributed by atoms with Gasteiger partial charge in [0.1, 0.15) is 11.6 Å². The summed E-state index contributed by atoms with van der Waals surface area (Å²) in [5, 5.41) is 0. The van der Waals surface area contributed by atoms with Crippen molar-refractivity contribution in [2.75, 3.05) is 25.0 Å². The molecule has 2 nitrogen and oxygen atoms in total. The third-order valence-corrected chi connectivity index (χ3v) is 2.56. The minimum atomic E-state index is -0.422. The van der Waals surface area contributed by atoms with E-state index in [-0.39, 0.29) is 0 Å². The molecule has 0 aliphatic carbocycles. The molecule has 0 fully saturated rings. The van der Waals surface area contributed by atoms with Crippen molar-refractivity contribution in [1.82, 2.24) is 0 Å². The Hall–Kier alpha value is -1.16. The average Bonchev–Trinajstić information content (AvgIpc) is 2.21. The topological polar surface area (TPSA) is 29.3 Å². The second kappa shape index (κ2) is 5.80. The van der Waals surface area contributed by atoms with E-state index in [0.29, 0.717) is 24.7 Å². The summed E-state index contributed by atoms with van der Waals surface area (Å²) in [4.78, 5) is 1.72. The molecule has 4 heteroatoms. The standard InChI is InChI=1S/C12H18F2N2/c1-9(5-6-15)8-16(2)12-7-10(13)3-4-11(12)14/h3-4,7,9H,5-6,8,15H2,1-2H3. The van der Waals surface area contributed by atoms with E-state index < -0.39 is 11.6 Å². The summed E-state index contributed by atoms with van der Waals surface area (Å²) < 4.78 is 26.4. The lowest BCUT2D eigenvalue weighted by Gasteiger charge is -2.23. The molecular weight excluding hydrogens is 210 g/mol. The maximum absolute atomic E-state index is 13.4. The smallest absolute Gasteiger partial charge is 0.146 e. The van der Waals surface area contributed by atoms with Crippen LogP contribution in [0.2, 0.25) is 0 Å². The molecular formula is C12H18F2N2. The fourth-order valence-electron chi connectivity index (χ4n) is 1.72. The van der Waals surface area contributed by atoms with Crippen LogP contribution in [0.3, 0.4) is 0 Å². The molecule has 90 valence electrons. The molecule has 0 heterocycles. The van der Waals surface area contributed by atoms with E-state index in [4.69, 9.17) is 5.73 Å². The first-order valence-electron chi connectivity index (χ1n) is 5.41. The highest BCUT2D eigenvalue weighted by atomic mass is 19.1. The molecule has 0 aromatic heterocycles. The average molecular weight is 228 g/mol. The van der Waals surface area contributed by atoms with E-state index in [0.717, 1.165) is 18.6 Å². The van der Waals surface area contributed by atoms with E-state index in [1.807, 2.05) is 6.92 Å². The van der Waals surface area contributed by atoms with Crippen molar-refractivity contribution in [3.63, 3.8) is 0 Å². The largest absolute Gasteiger partial charge is 0.372 e. The van der Waals surface area contributed by atoms with Gasteiger partial charge in [-0.2, -0.15) is 0 Å². The van der Waals surface area contributed by atoms with Crippen molar-refractivity contribution in [3.05, 3.63) is 29.8 Å². The highest BCUT2D eigenvalue weighted by molar-refractivity contribution is 5.47. The van der Waals surface area contributed by atoms with Crippen LogP contribution in [-0.4, -0.2) is 20.1 Å². The van der Waals surface area contributed by atoms with Crippen molar-refractivity contribution in [2.24, 2.45) is 11.7 Å². The predicted molar refractivity (Wildman–Crippen MR) is 62.5 cm³/mol. The molecule has 0 aliphatic heterocycles. The van der Waals surface area contributed by atoms with Gasteiger partial charge in [-0.15, -0.1) is 0 Å². The molecule has 0 radical (unpaired) electrons. The van der Waals surface area contributed by atoms with Gasteiger partial charge in [0, 0.05) is 19.7 Å². The first-order valence-corrected chi connectivity index (χ1v) is 5.41. The fourth-order valence-corrected chi connectivity index (χ4v) is 1.72. The molecule has 2 N–H and O–H groups in total. The first kappa shape index (κ1) is 12.9. The third-order valence-electron chi connectivity index (χ3n) is 2.56. The minimum Gasteiger partial charge on any atom is -0.372 e. The molecule has 0 bridgehead atoms. The van der Waals surface area contributed by atoms with Gasteiger partial charge in [-0.25, -0.2) is 8.78 Å². The van der Waals surface area contributed by atoms with Crippen LogP contribution in [-0.2, 0) is 0 Å². The van der Waals surface area contributed by atoms with Crippen molar-refractivity contribution in [1.29, 1.82) is 0 Å². The summed E-state index contributed by atoms with van der Waals surface area (Å²) in [6.45, 7) is 3.32. The van der Waals surface area contributed by atoms with Gasteiger partial charge < -0.3 is 10.6 Å². The van der Waals surface area contributed by atoms with Crippen molar-refractivity contribution >= 4 is 5.69 Å². The van der Waals surface area contributed by atoms with Gasteiger partial charge in [-0.05, 0) is 31.0 Å². The zero-order valence-corrected chi connectivity index (χ0v) is 9.71. The maximum Gasteiger partial charge on any atom is 0.146 e. The molecule has 1 aromatic rings. The highest BCUT2D eigenvalue weighted by Crippen LogP contribution is 2.20. The number of rotatable bonds is 5. The summed E-state index contributed by atoms with van der Waals surface area (Å²) in [6, 6.07) is 3.48. The molecule has 0 aliphatic rings. The van der Waals surface area contributed by atoms with Gasteiger partial charge >= 0.3 is 0 Å². The van der Waals surface area contributed by atoms with E-state index in [1.54, 1.807) is 11.9 Å². The maximum atomic E-state index is 13.4. The second-order valence-electron chi connectivity index (χ2n) is 4.16. The lowest BCUT2D eigenvalue weighted by Crippen LogP contribution is -2.26. The summed E-state index contributed by atoms with van der Waals surface area (Å²) in [6.07, 6.45) is 0.876. The van der Waals surface area contributed by atoms with Gasteiger partial charge in [-0.1, -0.05) is 6.92 Å². The van der Waals surface area contributed by atoms with Crippen molar-refractivity contribution in [2.45, 2.75) is 13.3 Å². The normalized spacial score (nSPS) is 12.6. The van der Waals surface area contributed by atoms with Crippen LogP contribution in [0, 0.1) is 17.6 Å². The van der Waals surface area contributed by atoms with Gasteiger partial charge in [0.25, 0.3) is 0 Å². The fraction of sp³-hybridized carbons (Fsp3) is 0.500. The monoisotopic (exact) mass is 228 g/mol. The molecule has 0 spiro atoms. The Morgan fingerprint density at radius 2 is 2.06 bits per heavy atom. The van der Waals surface area contributed by atoms with Crippen LogP contribution in [0.15, 0.2) is 18.2 Å². The molecule has 0 saturated carbocycles. The molecule has 1 aromatic carbocycles. The number of halogens is 2. The van der Waals surface area contributed by atoms with E-state index >= 15 is 0 Å². The number of nitrogens with two attached hydrogens (primary N) is 1. The summed E-state index contributed by atoms with van der Waals surface area (Å²) in [7, 11) is 1.75. The Labute approximate surface area is 95.1 Å². The molecule has 1 atom stereocenters. The van der Waals surface area contributed by atoms with Crippen LogP contribution < -0.4 is 10.6 Å². The third kappa shape index (κ3) is 3.45. The zero-order chi connectivity index (χ0) is 12.1. The summed E-state index contributed by atoms with van der Waals surface area (Å²) in [5.74, 6) is -0.462. The van der Waals surface area contributed by atoms with Crippen molar-refractivity contribution in [3.8, 4) is 0 Å². The number of benzene rings is 1. The van der Waals surface area contributed by atoms with Crippen LogP contribution in [0.1, 0.15) is 13.3 Å². The number of hydrogen-bond acceptors (Lipinski definition) is 2. The first-order chi connectivity index (χ1) is 7.54. The Morgan fingerprint density at radius 1 is 1.38 bits per heavy atom. The molecule has 0 amide bonds. The van der Waals surface area contributed by atoms with Crippen LogP contribution >= 0.6 is 0 Å². The molecule has 1 rings (SSSR count). The number of anilines is 1. The van der Waals surface area contributed by atoms with E-state index in [2.05, 4.69) is 0 Å². The quantitative estimate of drug-likeness (QED) is 0.838. The minimum absolute atomic E-state index is 0.295. The lowest BCUT2D eigenvalue weighted by molar-refractivity contribution is 0.530. The molecule has 0 saturated heterocycles. The Kier molecular flexibility index (Phi) is 4.68. The van der Waals surface area contributed by atoms with Gasteiger partial charge in [0.2, 0.25) is 0 Å². The zero-order valence-electron chi connectivity index (χ0n) is 9.71. The second-order valence-corrected chi connectivity index (χ2v) is 4.16. The van der Waals surface area contributed by atoms with E-state index in [9.17, 15) is 8.78 Å². The van der Waals surface area contributed by atoms with Crippen LogP contribution in [0.5, 0.6) is 0 Å². The van der Waals surface area contributed by atoms with E-state index in [1.165, 1.54) is 6.07 Å². The Bertz CT molecular complexity index is 342. The SMILES string of the molecule is CC(CCN)CN(C)c1cc(F)ccc1F. The van der Waals surface area contributed by atoms with Gasteiger partial charge in [0.15, 0.2) is 0 Å². The molecule has 16 heavy (non-hydrogen) atoms. The van der Waals surface area contributed by atoms with Gasteiger partial charge in [0.05, 0.1) is 5.69 Å². The van der Waals surface area contributed by atoms with Crippen LogP contribution in [0.25, 0.3) is 0 Å². The lowest BCUT2D eigenvalue weighted by atomic mass is 10.1. The predicted octanol–water partition coefficient (Wildman–Crippen LogP) is 2.39. The van der Waals surface area contributed by atoms with Crippen LogP contribution in [0.4, 0.5) is 14.5 Å². The highest BCUT2D eigenvalue weighted by Gasteiger charge is 2.11. The summed E-state index contributed by atoms with van der Waals surface area (Å²) in [5.41, 5.74) is 5.74.